The number of nitrogens with zero attached hydrogens (tertiary/aromatic N) is 1. The van der Waals surface area contributed by atoms with E-state index in [1.165, 1.54) is 12.8 Å². The number of anilines is 1. The Hall–Kier alpha value is -1.58. The summed E-state index contributed by atoms with van der Waals surface area (Å²) >= 11 is 0. The Kier molecular flexibility index (Phi) is 3.55. The van der Waals surface area contributed by atoms with Crippen molar-refractivity contribution in [2.75, 3.05) is 12.4 Å². The van der Waals surface area contributed by atoms with Gasteiger partial charge in [-0.25, -0.2) is 4.98 Å². The van der Waals surface area contributed by atoms with Crippen LogP contribution in [0.15, 0.2) is 18.3 Å². The summed E-state index contributed by atoms with van der Waals surface area (Å²) in [6, 6.07) is 3.80. The number of carbonyl (C=O) groups excluding carboxylic acids is 1. The molecule has 1 aliphatic carbocycles. The van der Waals surface area contributed by atoms with Crippen molar-refractivity contribution >= 4 is 11.7 Å². The molecule has 0 saturated heterocycles. The maximum atomic E-state index is 12.2. The van der Waals surface area contributed by atoms with Gasteiger partial charge in [-0.2, -0.15) is 0 Å². The molecule has 1 aliphatic rings. The predicted octanol–water partition coefficient (Wildman–Crippen LogP) is 2.43. The summed E-state index contributed by atoms with van der Waals surface area (Å²) in [4.78, 5) is 16.3. The Balaban J connectivity index is 2.07. The maximum absolute atomic E-state index is 12.2. The molecule has 1 atom stereocenters. The third kappa shape index (κ3) is 2.63. The lowest BCUT2D eigenvalue weighted by Gasteiger charge is -2.27. The molecule has 2 N–H and O–H groups in total. The van der Waals surface area contributed by atoms with E-state index in [1.807, 2.05) is 0 Å². The van der Waals surface area contributed by atoms with E-state index in [9.17, 15) is 4.79 Å². The Morgan fingerprint density at radius 2 is 2.28 bits per heavy atom. The smallest absolute Gasteiger partial charge is 0.251 e. The number of carbonyl (C=O) groups is 1. The Morgan fingerprint density at radius 1 is 1.50 bits per heavy atom. The zero-order chi connectivity index (χ0) is 13.2. The van der Waals surface area contributed by atoms with Crippen LogP contribution in [0.25, 0.3) is 0 Å². The second-order valence-electron chi connectivity index (χ2n) is 5.59. The van der Waals surface area contributed by atoms with Gasteiger partial charge in [0, 0.05) is 24.8 Å². The number of nitrogens with one attached hydrogen (secondary N) is 2. The lowest BCUT2D eigenvalue weighted by Crippen LogP contribution is -2.41. The first-order valence-corrected chi connectivity index (χ1v) is 6.47. The van der Waals surface area contributed by atoms with Crippen LogP contribution in [0.5, 0.6) is 0 Å². The summed E-state index contributed by atoms with van der Waals surface area (Å²) in [6.07, 6.45) is 5.09. The van der Waals surface area contributed by atoms with Crippen LogP contribution in [0.3, 0.4) is 0 Å². The van der Waals surface area contributed by atoms with Crippen LogP contribution in [0.1, 0.15) is 43.5 Å². The highest BCUT2D eigenvalue weighted by Crippen LogP contribution is 2.37. The van der Waals surface area contributed by atoms with Crippen LogP contribution >= 0.6 is 0 Å². The summed E-state index contributed by atoms with van der Waals surface area (Å²) in [6.45, 7) is 4.44. The minimum Gasteiger partial charge on any atom is -0.373 e. The summed E-state index contributed by atoms with van der Waals surface area (Å²) in [7, 11) is 1.80. The largest absolute Gasteiger partial charge is 0.373 e. The number of rotatable bonds is 3. The topological polar surface area (TPSA) is 54.0 Å². The van der Waals surface area contributed by atoms with Gasteiger partial charge in [-0.15, -0.1) is 0 Å². The molecule has 0 spiro atoms. The minimum absolute atomic E-state index is 0.00567. The molecule has 1 aromatic heterocycles. The maximum Gasteiger partial charge on any atom is 0.251 e. The van der Waals surface area contributed by atoms with Crippen molar-refractivity contribution in [3.8, 4) is 0 Å². The molecule has 2 rings (SSSR count). The third-order valence-corrected chi connectivity index (χ3v) is 3.84. The summed E-state index contributed by atoms with van der Waals surface area (Å²) < 4.78 is 0. The van der Waals surface area contributed by atoms with Gasteiger partial charge in [-0.05, 0) is 30.4 Å². The molecule has 1 aromatic rings. The second kappa shape index (κ2) is 4.96. The molecule has 0 bridgehead atoms. The Morgan fingerprint density at radius 3 is 2.89 bits per heavy atom. The van der Waals surface area contributed by atoms with Crippen LogP contribution < -0.4 is 10.6 Å². The molecule has 98 valence electrons. The number of aromatic nitrogens is 1. The normalized spacial score (nSPS) is 21.6. The van der Waals surface area contributed by atoms with Crippen LogP contribution in [0.2, 0.25) is 0 Å². The first-order chi connectivity index (χ1) is 8.53. The fourth-order valence-electron chi connectivity index (χ4n) is 2.54. The molecule has 4 heteroatoms. The van der Waals surface area contributed by atoms with E-state index in [1.54, 1.807) is 25.4 Å². The van der Waals surface area contributed by atoms with Gasteiger partial charge in [0.25, 0.3) is 5.91 Å². The summed E-state index contributed by atoms with van der Waals surface area (Å²) in [5.41, 5.74) is 0.867. The fourth-order valence-corrected chi connectivity index (χ4v) is 2.54. The quantitative estimate of drug-likeness (QED) is 0.862. The van der Waals surface area contributed by atoms with E-state index in [-0.39, 0.29) is 17.4 Å². The first kappa shape index (κ1) is 12.9. The minimum atomic E-state index is -0.00567. The zero-order valence-electron chi connectivity index (χ0n) is 11.3. The average Bonchev–Trinajstić information content (AvgIpc) is 2.69. The Bertz CT molecular complexity index is 442. The van der Waals surface area contributed by atoms with Crippen LogP contribution in [0, 0.1) is 5.41 Å². The first-order valence-electron chi connectivity index (χ1n) is 6.47. The number of amides is 1. The molecule has 1 heterocycles. The molecule has 0 radical (unpaired) electrons. The molecular weight excluding hydrogens is 226 g/mol. The lowest BCUT2D eigenvalue weighted by atomic mass is 9.87. The van der Waals surface area contributed by atoms with Crippen LogP contribution in [-0.2, 0) is 0 Å². The van der Waals surface area contributed by atoms with Gasteiger partial charge in [0.2, 0.25) is 0 Å². The van der Waals surface area contributed by atoms with Gasteiger partial charge in [-0.1, -0.05) is 20.3 Å². The van der Waals surface area contributed by atoms with Gasteiger partial charge in [0.05, 0.1) is 0 Å². The highest BCUT2D eigenvalue weighted by atomic mass is 16.1. The fraction of sp³-hybridized carbons (Fsp3) is 0.571. The van der Waals surface area contributed by atoms with Crippen molar-refractivity contribution in [1.82, 2.24) is 10.3 Å². The van der Waals surface area contributed by atoms with E-state index in [0.717, 1.165) is 6.42 Å². The number of hydrogen-bond acceptors (Lipinski definition) is 3. The monoisotopic (exact) mass is 247 g/mol. The summed E-state index contributed by atoms with van der Waals surface area (Å²) in [5.74, 6) is 0.710. The zero-order valence-corrected chi connectivity index (χ0v) is 11.3. The van der Waals surface area contributed by atoms with E-state index >= 15 is 0 Å². The third-order valence-electron chi connectivity index (χ3n) is 3.84. The molecule has 1 amide bonds. The standard InChI is InChI=1S/C14H21N3O/c1-14(2)7-4-5-11(14)17-13(18)10-6-8-16-12(9-10)15-3/h6,8-9,11H,4-5,7H2,1-3H3,(H,15,16)(H,17,18). The Labute approximate surface area is 108 Å². The van der Waals surface area contributed by atoms with Crippen LogP contribution in [0.4, 0.5) is 5.82 Å². The molecule has 1 saturated carbocycles. The van der Waals surface area contributed by atoms with Gasteiger partial charge < -0.3 is 10.6 Å². The molecule has 1 unspecified atom stereocenters. The van der Waals surface area contributed by atoms with E-state index in [2.05, 4.69) is 29.5 Å². The van der Waals surface area contributed by atoms with Gasteiger partial charge in [0.1, 0.15) is 5.82 Å². The van der Waals surface area contributed by atoms with Crippen molar-refractivity contribution in [1.29, 1.82) is 0 Å². The highest BCUT2D eigenvalue weighted by molar-refractivity contribution is 5.95. The average molecular weight is 247 g/mol. The lowest BCUT2D eigenvalue weighted by molar-refractivity contribution is 0.0910. The van der Waals surface area contributed by atoms with Crippen molar-refractivity contribution in [2.45, 2.75) is 39.2 Å². The number of hydrogen-bond donors (Lipinski definition) is 2. The van der Waals surface area contributed by atoms with Crippen molar-refractivity contribution in [2.24, 2.45) is 5.41 Å². The van der Waals surface area contributed by atoms with E-state index < -0.39 is 0 Å². The van der Waals surface area contributed by atoms with E-state index in [0.29, 0.717) is 11.4 Å². The molecule has 4 nitrogen and oxygen atoms in total. The van der Waals surface area contributed by atoms with E-state index in [4.69, 9.17) is 0 Å². The SMILES string of the molecule is CNc1cc(C(=O)NC2CCCC2(C)C)ccn1. The molecule has 0 aromatic carbocycles. The molecule has 0 aliphatic heterocycles. The molecule has 1 fully saturated rings. The second-order valence-corrected chi connectivity index (χ2v) is 5.59. The van der Waals surface area contributed by atoms with Gasteiger partial charge in [0.15, 0.2) is 0 Å². The molecule has 18 heavy (non-hydrogen) atoms. The van der Waals surface area contributed by atoms with Crippen molar-refractivity contribution in [3.63, 3.8) is 0 Å². The number of pyridine rings is 1. The van der Waals surface area contributed by atoms with Gasteiger partial charge >= 0.3 is 0 Å². The summed E-state index contributed by atoms with van der Waals surface area (Å²) in [5, 5.41) is 6.08. The molecular formula is C14H21N3O. The van der Waals surface area contributed by atoms with Crippen molar-refractivity contribution in [3.05, 3.63) is 23.9 Å². The highest BCUT2D eigenvalue weighted by Gasteiger charge is 2.35. The van der Waals surface area contributed by atoms with Crippen molar-refractivity contribution < 1.29 is 4.79 Å². The van der Waals surface area contributed by atoms with Crippen LogP contribution in [-0.4, -0.2) is 24.0 Å². The van der Waals surface area contributed by atoms with Gasteiger partial charge in [-0.3, -0.25) is 4.79 Å². The predicted molar refractivity (Wildman–Crippen MR) is 72.7 cm³/mol.